The van der Waals surface area contributed by atoms with Gasteiger partial charge in [0, 0.05) is 32.1 Å². The molecule has 1 aliphatic heterocycles. The van der Waals surface area contributed by atoms with E-state index < -0.39 is 12.2 Å². The maximum absolute atomic E-state index is 12.3. The van der Waals surface area contributed by atoms with Gasteiger partial charge in [0.25, 0.3) is 0 Å². The second-order valence-corrected chi connectivity index (χ2v) is 8.61. The van der Waals surface area contributed by atoms with Crippen LogP contribution in [0.4, 0.5) is 4.79 Å². The molecule has 164 valence electrons. The minimum atomic E-state index is -0.638. The van der Waals surface area contributed by atoms with Crippen molar-refractivity contribution in [3.05, 3.63) is 95.1 Å². The third kappa shape index (κ3) is 4.27. The Morgan fingerprint density at radius 3 is 2.31 bits per heavy atom. The first-order chi connectivity index (χ1) is 15.7. The van der Waals surface area contributed by atoms with E-state index in [-0.39, 0.29) is 19.1 Å². The number of nitrogens with zero attached hydrogens (tertiary/aromatic N) is 1. The highest BCUT2D eigenvalue weighted by Crippen LogP contribution is 2.44. The van der Waals surface area contributed by atoms with Crippen molar-refractivity contribution in [2.24, 2.45) is 0 Å². The zero-order valence-corrected chi connectivity index (χ0v) is 18.0. The van der Waals surface area contributed by atoms with E-state index in [0.717, 1.165) is 19.5 Å². The molecule has 0 saturated heterocycles. The summed E-state index contributed by atoms with van der Waals surface area (Å²) in [7, 11) is 0. The molecule has 32 heavy (non-hydrogen) atoms. The Bertz CT molecular complexity index is 1070. The van der Waals surface area contributed by atoms with Gasteiger partial charge in [0.2, 0.25) is 0 Å². The number of aliphatic hydroxyl groups is 1. The number of β-amino-alcohol motifs (C(OH)–C–C–N with tert-alkyl or cyclic N) is 1. The molecule has 0 fully saturated rings. The summed E-state index contributed by atoms with van der Waals surface area (Å²) in [6.45, 7) is 2.73. The summed E-state index contributed by atoms with van der Waals surface area (Å²) in [5.74, 6) is 0.0338. The van der Waals surface area contributed by atoms with Gasteiger partial charge in [0.15, 0.2) is 0 Å². The molecule has 5 rings (SSSR count). The lowest BCUT2D eigenvalue weighted by Gasteiger charge is -2.30. The standard InChI is InChI=1S/C27H28N2O3/c30-21(17-29-14-13-19-7-1-2-8-20(19)16-29)15-28-27(31)32-18-26-24-11-5-3-9-22(24)23-10-4-6-12-25(23)26/h1-12,21,26,30H,13-18H2,(H,28,31). The second-order valence-electron chi connectivity index (χ2n) is 8.61. The Balaban J connectivity index is 1.11. The largest absolute Gasteiger partial charge is 0.449 e. The first kappa shape index (κ1) is 20.7. The molecule has 2 aliphatic rings. The van der Waals surface area contributed by atoms with Crippen molar-refractivity contribution >= 4 is 6.09 Å². The van der Waals surface area contributed by atoms with Crippen molar-refractivity contribution in [3.63, 3.8) is 0 Å². The molecule has 3 aromatic rings. The molecule has 0 spiro atoms. The quantitative estimate of drug-likeness (QED) is 0.624. The molecule has 0 aromatic heterocycles. The van der Waals surface area contributed by atoms with Gasteiger partial charge in [-0.15, -0.1) is 0 Å². The van der Waals surface area contributed by atoms with Crippen LogP contribution >= 0.6 is 0 Å². The van der Waals surface area contributed by atoms with E-state index in [1.165, 1.54) is 33.4 Å². The lowest BCUT2D eigenvalue weighted by Crippen LogP contribution is -2.42. The van der Waals surface area contributed by atoms with E-state index in [1.54, 1.807) is 0 Å². The number of rotatable bonds is 6. The van der Waals surface area contributed by atoms with Gasteiger partial charge in [-0.2, -0.15) is 0 Å². The molecule has 1 unspecified atom stereocenters. The molecule has 1 atom stereocenters. The monoisotopic (exact) mass is 428 g/mol. The zero-order chi connectivity index (χ0) is 21.9. The SMILES string of the molecule is O=C(NCC(O)CN1CCc2ccccc2C1)OCC1c2ccccc2-c2ccccc21. The summed E-state index contributed by atoms with van der Waals surface area (Å²) in [6.07, 6.45) is -0.140. The van der Waals surface area contributed by atoms with Gasteiger partial charge < -0.3 is 15.2 Å². The van der Waals surface area contributed by atoms with Crippen molar-refractivity contribution in [2.45, 2.75) is 25.0 Å². The number of carbonyl (C=O) groups is 1. The number of carbonyl (C=O) groups excluding carboxylic acids is 1. The fourth-order valence-corrected chi connectivity index (χ4v) is 4.92. The lowest BCUT2D eigenvalue weighted by atomic mass is 9.98. The molecule has 1 aliphatic carbocycles. The number of aliphatic hydroxyl groups excluding tert-OH is 1. The van der Waals surface area contributed by atoms with E-state index in [2.05, 4.69) is 58.7 Å². The molecule has 2 N–H and O–H groups in total. The van der Waals surface area contributed by atoms with Crippen LogP contribution in [0.15, 0.2) is 72.8 Å². The number of fused-ring (bicyclic) bond motifs is 4. The number of hydrogen-bond donors (Lipinski definition) is 2. The highest BCUT2D eigenvalue weighted by molar-refractivity contribution is 5.79. The number of benzene rings is 3. The summed E-state index contributed by atoms with van der Waals surface area (Å²) in [5.41, 5.74) is 7.48. The molecule has 1 heterocycles. The summed E-state index contributed by atoms with van der Waals surface area (Å²) in [6, 6.07) is 25.0. The zero-order valence-electron chi connectivity index (χ0n) is 18.0. The van der Waals surface area contributed by atoms with E-state index in [0.29, 0.717) is 6.54 Å². The molecular weight excluding hydrogens is 400 g/mol. The minimum Gasteiger partial charge on any atom is -0.449 e. The first-order valence-corrected chi connectivity index (χ1v) is 11.2. The van der Waals surface area contributed by atoms with Crippen LogP contribution in [0.2, 0.25) is 0 Å². The van der Waals surface area contributed by atoms with Gasteiger partial charge in [-0.3, -0.25) is 4.90 Å². The van der Waals surface area contributed by atoms with Crippen molar-refractivity contribution < 1.29 is 14.6 Å². The van der Waals surface area contributed by atoms with Gasteiger partial charge in [0.05, 0.1) is 6.10 Å². The maximum Gasteiger partial charge on any atom is 0.407 e. The first-order valence-electron chi connectivity index (χ1n) is 11.2. The third-order valence-electron chi connectivity index (χ3n) is 6.50. The molecule has 0 radical (unpaired) electrons. The Hall–Kier alpha value is -3.15. The van der Waals surface area contributed by atoms with Crippen LogP contribution in [0.1, 0.15) is 28.2 Å². The average Bonchev–Trinajstić information content (AvgIpc) is 3.15. The number of nitrogens with one attached hydrogen (secondary N) is 1. The van der Waals surface area contributed by atoms with Crippen LogP contribution in [0, 0.1) is 0 Å². The molecular formula is C27H28N2O3. The van der Waals surface area contributed by atoms with Crippen LogP contribution in [0.25, 0.3) is 11.1 Å². The molecule has 5 heteroatoms. The second kappa shape index (κ2) is 9.15. The fraction of sp³-hybridized carbons (Fsp3) is 0.296. The summed E-state index contributed by atoms with van der Waals surface area (Å²) < 4.78 is 5.55. The normalized spacial score (nSPS) is 16.0. The number of alkyl carbamates (subject to hydrolysis) is 1. The highest BCUT2D eigenvalue weighted by atomic mass is 16.5. The van der Waals surface area contributed by atoms with Crippen molar-refractivity contribution in [2.75, 3.05) is 26.2 Å². The Morgan fingerprint density at radius 2 is 1.59 bits per heavy atom. The molecule has 0 bridgehead atoms. The predicted molar refractivity (Wildman–Crippen MR) is 125 cm³/mol. The average molecular weight is 429 g/mol. The van der Waals surface area contributed by atoms with E-state index in [4.69, 9.17) is 4.74 Å². The van der Waals surface area contributed by atoms with Gasteiger partial charge in [0.1, 0.15) is 6.61 Å². The summed E-state index contributed by atoms with van der Waals surface area (Å²) in [5, 5.41) is 13.2. The van der Waals surface area contributed by atoms with Crippen molar-refractivity contribution in [3.8, 4) is 11.1 Å². The number of amides is 1. The molecule has 0 saturated carbocycles. The predicted octanol–water partition coefficient (Wildman–Crippen LogP) is 3.94. The maximum atomic E-state index is 12.3. The number of hydrogen-bond acceptors (Lipinski definition) is 4. The van der Waals surface area contributed by atoms with Crippen LogP contribution in [0.3, 0.4) is 0 Å². The fourth-order valence-electron chi connectivity index (χ4n) is 4.92. The lowest BCUT2D eigenvalue weighted by molar-refractivity contribution is 0.0964. The highest BCUT2D eigenvalue weighted by Gasteiger charge is 2.29. The third-order valence-corrected chi connectivity index (χ3v) is 6.50. The van der Waals surface area contributed by atoms with Crippen molar-refractivity contribution in [1.82, 2.24) is 10.2 Å². The van der Waals surface area contributed by atoms with Crippen molar-refractivity contribution in [1.29, 1.82) is 0 Å². The summed E-state index contributed by atoms with van der Waals surface area (Å²) >= 11 is 0. The topological polar surface area (TPSA) is 61.8 Å². The molecule has 5 nitrogen and oxygen atoms in total. The van der Waals surface area contributed by atoms with Gasteiger partial charge in [-0.25, -0.2) is 4.79 Å². The van der Waals surface area contributed by atoms with E-state index in [9.17, 15) is 9.90 Å². The number of ether oxygens (including phenoxy) is 1. The Kier molecular flexibility index (Phi) is 5.93. The summed E-state index contributed by atoms with van der Waals surface area (Å²) in [4.78, 5) is 14.6. The molecule has 1 amide bonds. The van der Waals surface area contributed by atoms with Gasteiger partial charge >= 0.3 is 6.09 Å². The Morgan fingerprint density at radius 1 is 0.969 bits per heavy atom. The van der Waals surface area contributed by atoms with E-state index in [1.807, 2.05) is 24.3 Å². The van der Waals surface area contributed by atoms with Crippen LogP contribution in [-0.2, 0) is 17.7 Å². The molecule has 3 aromatic carbocycles. The van der Waals surface area contributed by atoms with Crippen LogP contribution in [-0.4, -0.2) is 48.4 Å². The van der Waals surface area contributed by atoms with E-state index >= 15 is 0 Å². The minimum absolute atomic E-state index is 0.0338. The van der Waals surface area contributed by atoms with Gasteiger partial charge in [-0.05, 0) is 39.8 Å². The smallest absolute Gasteiger partial charge is 0.407 e. The van der Waals surface area contributed by atoms with Crippen LogP contribution in [0.5, 0.6) is 0 Å². The van der Waals surface area contributed by atoms with Gasteiger partial charge in [-0.1, -0.05) is 72.8 Å². The van der Waals surface area contributed by atoms with Crippen LogP contribution < -0.4 is 5.32 Å². The Labute approximate surface area is 188 Å².